The molecular weight excluding hydrogens is 454 g/mol. The summed E-state index contributed by atoms with van der Waals surface area (Å²) in [4.78, 5) is 20.0. The lowest BCUT2D eigenvalue weighted by atomic mass is 10.0. The van der Waals surface area contributed by atoms with E-state index in [1.165, 1.54) is 0 Å². The minimum absolute atomic E-state index is 0.136. The Morgan fingerprint density at radius 1 is 1.18 bits per heavy atom. The third-order valence-electron chi connectivity index (χ3n) is 5.79. The van der Waals surface area contributed by atoms with Crippen LogP contribution >= 0.6 is 23.1 Å². The predicted octanol–water partition coefficient (Wildman–Crippen LogP) is 4.67. The van der Waals surface area contributed by atoms with E-state index in [2.05, 4.69) is 31.5 Å². The summed E-state index contributed by atoms with van der Waals surface area (Å²) < 4.78 is 6.91. The summed E-state index contributed by atoms with van der Waals surface area (Å²) in [5, 5.41) is 13.4. The molecule has 0 spiro atoms. The fourth-order valence-electron chi connectivity index (χ4n) is 4.10. The summed E-state index contributed by atoms with van der Waals surface area (Å²) in [5.74, 6) is 0.871. The molecule has 1 aliphatic rings. The molecule has 0 atom stereocenters. The van der Waals surface area contributed by atoms with E-state index in [1.54, 1.807) is 23.1 Å². The van der Waals surface area contributed by atoms with E-state index >= 15 is 0 Å². The molecule has 1 amide bonds. The molecule has 1 aliphatic heterocycles. The molecule has 1 aromatic carbocycles. The number of amides is 1. The van der Waals surface area contributed by atoms with Crippen LogP contribution < -0.4 is 5.32 Å². The highest BCUT2D eigenvalue weighted by atomic mass is 32.2. The fourth-order valence-corrected chi connectivity index (χ4v) is 5.95. The van der Waals surface area contributed by atoms with Gasteiger partial charge in [-0.1, -0.05) is 47.4 Å². The molecule has 1 saturated heterocycles. The van der Waals surface area contributed by atoms with E-state index < -0.39 is 0 Å². The van der Waals surface area contributed by atoms with Crippen molar-refractivity contribution in [1.82, 2.24) is 25.4 Å². The number of nitrogens with zero attached hydrogens (tertiary/aromatic N) is 4. The highest BCUT2D eigenvalue weighted by Gasteiger charge is 2.26. The Morgan fingerprint density at radius 2 is 2.00 bits per heavy atom. The number of rotatable bonds is 7. The van der Waals surface area contributed by atoms with Gasteiger partial charge in [0.2, 0.25) is 0 Å². The van der Waals surface area contributed by atoms with E-state index in [9.17, 15) is 4.79 Å². The molecule has 0 radical (unpaired) electrons. The van der Waals surface area contributed by atoms with Crippen molar-refractivity contribution in [2.45, 2.75) is 42.4 Å². The Balaban J connectivity index is 1.24. The number of hydrogen-bond acceptors (Lipinski definition) is 8. The summed E-state index contributed by atoms with van der Waals surface area (Å²) >= 11 is 3.14. The maximum absolute atomic E-state index is 13.2. The largest absolute Gasteiger partial charge is 0.451 e. The lowest BCUT2D eigenvalue weighted by molar-refractivity contribution is 0.0882. The van der Waals surface area contributed by atoms with Crippen LogP contribution in [-0.2, 0) is 12.3 Å². The van der Waals surface area contributed by atoms with E-state index in [4.69, 9.17) is 4.42 Å². The van der Waals surface area contributed by atoms with Gasteiger partial charge in [-0.2, -0.15) is 0 Å². The van der Waals surface area contributed by atoms with Gasteiger partial charge in [0.05, 0.1) is 5.69 Å². The number of likely N-dealkylation sites (tertiary alicyclic amines) is 1. The number of carbonyl (C=O) groups is 1. The highest BCUT2D eigenvalue weighted by molar-refractivity contribution is 8.00. The molecule has 4 aromatic rings. The van der Waals surface area contributed by atoms with Gasteiger partial charge in [0, 0.05) is 48.6 Å². The van der Waals surface area contributed by atoms with Crippen LogP contribution in [0.15, 0.2) is 57.4 Å². The zero-order valence-electron chi connectivity index (χ0n) is 18.4. The minimum atomic E-state index is -0.140. The number of hydrogen-bond donors (Lipinski definition) is 1. The monoisotopic (exact) mass is 479 g/mol. The molecule has 5 rings (SSSR count). The Hall–Kier alpha value is -2.75. The van der Waals surface area contributed by atoms with Crippen molar-refractivity contribution in [2.24, 2.45) is 0 Å². The van der Waals surface area contributed by atoms with Crippen molar-refractivity contribution in [3.05, 3.63) is 70.7 Å². The quantitative estimate of drug-likeness (QED) is 0.386. The summed E-state index contributed by atoms with van der Waals surface area (Å²) in [5.41, 5.74) is 2.72. The summed E-state index contributed by atoms with van der Waals surface area (Å²) in [6.07, 6.45) is 3.65. The van der Waals surface area contributed by atoms with E-state index in [1.807, 2.05) is 49.5 Å². The second kappa shape index (κ2) is 10.0. The Labute approximate surface area is 200 Å². The van der Waals surface area contributed by atoms with Gasteiger partial charge in [-0.3, -0.25) is 14.7 Å². The van der Waals surface area contributed by atoms with Crippen LogP contribution in [0.4, 0.5) is 0 Å². The van der Waals surface area contributed by atoms with Gasteiger partial charge in [-0.15, -0.1) is 10.2 Å². The average Bonchev–Trinajstić information content (AvgIpc) is 3.43. The number of piperidine rings is 1. The summed E-state index contributed by atoms with van der Waals surface area (Å²) in [6.45, 7) is 4.65. The van der Waals surface area contributed by atoms with Crippen LogP contribution in [-0.4, -0.2) is 45.1 Å². The van der Waals surface area contributed by atoms with Crippen LogP contribution in [0.3, 0.4) is 0 Å². The van der Waals surface area contributed by atoms with E-state index in [0.717, 1.165) is 64.0 Å². The zero-order valence-corrected chi connectivity index (χ0v) is 20.0. The van der Waals surface area contributed by atoms with Crippen molar-refractivity contribution in [3.63, 3.8) is 0 Å². The molecule has 1 N–H and O–H groups in total. The van der Waals surface area contributed by atoms with Crippen molar-refractivity contribution in [2.75, 3.05) is 13.1 Å². The lowest BCUT2D eigenvalue weighted by Crippen LogP contribution is -2.44. The first-order chi connectivity index (χ1) is 16.2. The standard InChI is InChI=1S/C24H25N5O2S2/c1-16-27-28-24(33-16)32-15-20-19-7-2-3-8-21(19)31-22(20)23(30)26-17-9-12-29(13-10-17)14-18-6-4-5-11-25-18/h2-8,11,17H,9-10,12-15H2,1H3,(H,26,30). The molecule has 1 fully saturated rings. The van der Waals surface area contributed by atoms with Crippen molar-refractivity contribution >= 4 is 40.0 Å². The van der Waals surface area contributed by atoms with Gasteiger partial charge >= 0.3 is 0 Å². The van der Waals surface area contributed by atoms with Gasteiger partial charge in [-0.05, 0) is 38.0 Å². The molecule has 7 nitrogen and oxygen atoms in total. The molecular formula is C24H25N5O2S2. The maximum Gasteiger partial charge on any atom is 0.287 e. The predicted molar refractivity (Wildman–Crippen MR) is 130 cm³/mol. The molecule has 0 unspecified atom stereocenters. The number of para-hydroxylation sites is 1. The van der Waals surface area contributed by atoms with Crippen LogP contribution in [0.25, 0.3) is 11.0 Å². The zero-order chi connectivity index (χ0) is 22.6. The first-order valence-electron chi connectivity index (χ1n) is 11.0. The third kappa shape index (κ3) is 5.26. The van der Waals surface area contributed by atoms with Crippen molar-refractivity contribution in [1.29, 1.82) is 0 Å². The lowest BCUT2D eigenvalue weighted by Gasteiger charge is -2.32. The number of aryl methyl sites for hydroxylation is 1. The Kier molecular flexibility index (Phi) is 6.70. The number of carbonyl (C=O) groups excluding carboxylic acids is 1. The minimum Gasteiger partial charge on any atom is -0.451 e. The maximum atomic E-state index is 13.2. The Morgan fingerprint density at radius 3 is 2.76 bits per heavy atom. The molecule has 4 heterocycles. The van der Waals surface area contributed by atoms with E-state index in [0.29, 0.717) is 11.5 Å². The van der Waals surface area contributed by atoms with Crippen LogP contribution in [0.1, 0.15) is 39.7 Å². The second-order valence-electron chi connectivity index (χ2n) is 8.13. The topological polar surface area (TPSA) is 84.2 Å². The third-order valence-corrected chi connectivity index (χ3v) is 7.79. The normalized spacial score (nSPS) is 15.2. The summed E-state index contributed by atoms with van der Waals surface area (Å²) in [7, 11) is 0. The smallest absolute Gasteiger partial charge is 0.287 e. The molecule has 170 valence electrons. The SMILES string of the molecule is Cc1nnc(SCc2c(C(=O)NC3CCN(Cc4ccccn4)CC3)oc3ccccc23)s1. The average molecular weight is 480 g/mol. The van der Waals surface area contributed by atoms with Gasteiger partial charge in [-0.25, -0.2) is 0 Å². The molecule has 9 heteroatoms. The first-order valence-corrected chi connectivity index (χ1v) is 12.8. The van der Waals surface area contributed by atoms with Gasteiger partial charge in [0.1, 0.15) is 10.6 Å². The second-order valence-corrected chi connectivity index (χ2v) is 10.5. The molecule has 0 aliphatic carbocycles. The van der Waals surface area contributed by atoms with Crippen LogP contribution in [0, 0.1) is 6.92 Å². The van der Waals surface area contributed by atoms with Gasteiger partial charge in [0.15, 0.2) is 10.1 Å². The first kappa shape index (κ1) is 22.1. The molecule has 33 heavy (non-hydrogen) atoms. The number of aromatic nitrogens is 3. The molecule has 3 aromatic heterocycles. The van der Waals surface area contributed by atoms with E-state index in [-0.39, 0.29) is 11.9 Å². The number of nitrogens with one attached hydrogen (secondary N) is 1. The molecule has 0 bridgehead atoms. The Bertz CT molecular complexity index is 1230. The van der Waals surface area contributed by atoms with Gasteiger partial charge < -0.3 is 9.73 Å². The van der Waals surface area contributed by atoms with Crippen molar-refractivity contribution < 1.29 is 9.21 Å². The molecule has 0 saturated carbocycles. The number of thioether (sulfide) groups is 1. The van der Waals surface area contributed by atoms with Gasteiger partial charge in [0.25, 0.3) is 5.91 Å². The van der Waals surface area contributed by atoms with Crippen molar-refractivity contribution in [3.8, 4) is 0 Å². The van der Waals surface area contributed by atoms with Crippen LogP contribution in [0.2, 0.25) is 0 Å². The summed E-state index contributed by atoms with van der Waals surface area (Å²) in [6, 6.07) is 14.0. The number of benzene rings is 1. The fraction of sp³-hybridized carbons (Fsp3) is 0.333. The van der Waals surface area contributed by atoms with Crippen LogP contribution in [0.5, 0.6) is 0 Å². The number of furan rings is 1. The number of pyridine rings is 1. The highest BCUT2D eigenvalue weighted by Crippen LogP contribution is 2.33. The number of fused-ring (bicyclic) bond motifs is 1.